The van der Waals surface area contributed by atoms with Gasteiger partial charge in [-0.15, -0.1) is 0 Å². The Bertz CT molecular complexity index is 651. The predicted molar refractivity (Wildman–Crippen MR) is 84.3 cm³/mol. The van der Waals surface area contributed by atoms with Crippen molar-refractivity contribution in [3.8, 4) is 6.07 Å². The summed E-state index contributed by atoms with van der Waals surface area (Å²) in [5, 5.41) is 20.7. The molecule has 4 nitrogen and oxygen atoms in total. The first-order chi connectivity index (χ1) is 10.5. The zero-order chi connectivity index (χ0) is 16.2. The van der Waals surface area contributed by atoms with E-state index in [1.807, 2.05) is 37.3 Å². The zero-order valence-electron chi connectivity index (χ0n) is 12.6. The van der Waals surface area contributed by atoms with Gasteiger partial charge >= 0.3 is 0 Å². The van der Waals surface area contributed by atoms with E-state index < -0.39 is 16.9 Å². The average molecular weight is 296 g/mol. The van der Waals surface area contributed by atoms with Gasteiger partial charge in [0.2, 0.25) is 5.91 Å². The normalized spacial score (nSPS) is 19.4. The maximum atomic E-state index is 11.2. The summed E-state index contributed by atoms with van der Waals surface area (Å²) in [6, 6.07) is 11.4. The minimum atomic E-state index is -1.37. The van der Waals surface area contributed by atoms with E-state index >= 15 is 0 Å². The van der Waals surface area contributed by atoms with Gasteiger partial charge in [-0.2, -0.15) is 5.26 Å². The lowest BCUT2D eigenvalue weighted by Gasteiger charge is -2.30. The lowest BCUT2D eigenvalue weighted by molar-refractivity contribution is -0.113. The van der Waals surface area contributed by atoms with Crippen LogP contribution in [-0.4, -0.2) is 11.0 Å². The van der Waals surface area contributed by atoms with Gasteiger partial charge in [0.1, 0.15) is 5.60 Å². The minimum absolute atomic E-state index is 0.522. The van der Waals surface area contributed by atoms with Gasteiger partial charge < -0.3 is 10.8 Å². The molecule has 1 saturated carbocycles. The topological polar surface area (TPSA) is 87.1 Å². The van der Waals surface area contributed by atoms with E-state index in [9.17, 15) is 15.2 Å². The summed E-state index contributed by atoms with van der Waals surface area (Å²) >= 11 is 0. The number of nitriles is 1. The molecule has 0 radical (unpaired) electrons. The van der Waals surface area contributed by atoms with Crippen molar-refractivity contribution in [3.63, 3.8) is 0 Å². The van der Waals surface area contributed by atoms with Gasteiger partial charge in [-0.25, -0.2) is 0 Å². The molecule has 1 atom stereocenters. The van der Waals surface area contributed by atoms with E-state index in [4.69, 9.17) is 5.73 Å². The molecule has 1 aromatic carbocycles. The lowest BCUT2D eigenvalue weighted by Crippen LogP contribution is -2.34. The molecule has 0 saturated heterocycles. The van der Waals surface area contributed by atoms with Crippen LogP contribution in [0.2, 0.25) is 0 Å². The first-order valence-electron chi connectivity index (χ1n) is 7.36. The second kappa shape index (κ2) is 6.17. The van der Waals surface area contributed by atoms with Gasteiger partial charge in [-0.3, -0.25) is 4.79 Å². The van der Waals surface area contributed by atoms with Crippen molar-refractivity contribution in [1.82, 2.24) is 0 Å². The van der Waals surface area contributed by atoms with Crippen molar-refractivity contribution < 1.29 is 9.90 Å². The number of carbonyl (C=O) groups is 1. The summed E-state index contributed by atoms with van der Waals surface area (Å²) < 4.78 is 0. The molecule has 1 amide bonds. The molecule has 4 heteroatoms. The van der Waals surface area contributed by atoms with Gasteiger partial charge in [0, 0.05) is 6.08 Å². The van der Waals surface area contributed by atoms with Gasteiger partial charge in [0.05, 0.1) is 11.5 Å². The highest BCUT2D eigenvalue weighted by atomic mass is 16.3. The molecule has 0 aromatic heterocycles. The van der Waals surface area contributed by atoms with Crippen LogP contribution in [0.3, 0.4) is 0 Å². The number of allylic oxidation sites excluding steroid dienone is 2. The molecular weight excluding hydrogens is 276 g/mol. The first kappa shape index (κ1) is 16.0. The van der Waals surface area contributed by atoms with Crippen LogP contribution in [0, 0.1) is 16.7 Å². The van der Waals surface area contributed by atoms with Crippen molar-refractivity contribution in [2.75, 3.05) is 0 Å². The third kappa shape index (κ3) is 2.95. The molecule has 0 heterocycles. The van der Waals surface area contributed by atoms with E-state index in [0.29, 0.717) is 24.8 Å². The van der Waals surface area contributed by atoms with Crippen molar-refractivity contribution in [3.05, 3.63) is 59.7 Å². The second-order valence-electron chi connectivity index (χ2n) is 5.63. The van der Waals surface area contributed by atoms with Gasteiger partial charge in [-0.05, 0) is 36.5 Å². The van der Waals surface area contributed by atoms with E-state index in [2.05, 4.69) is 6.07 Å². The van der Waals surface area contributed by atoms with Crippen molar-refractivity contribution in [2.45, 2.75) is 31.8 Å². The Labute approximate surface area is 130 Å². The molecule has 0 spiro atoms. The molecule has 3 N–H and O–H groups in total. The zero-order valence-corrected chi connectivity index (χ0v) is 12.6. The van der Waals surface area contributed by atoms with Crippen LogP contribution >= 0.6 is 0 Å². The third-order valence-corrected chi connectivity index (χ3v) is 4.18. The highest BCUT2D eigenvalue weighted by Crippen LogP contribution is 2.58. The second-order valence-corrected chi connectivity index (χ2v) is 5.63. The molecule has 22 heavy (non-hydrogen) atoms. The van der Waals surface area contributed by atoms with Gasteiger partial charge in [-0.1, -0.05) is 43.3 Å². The minimum Gasteiger partial charge on any atom is -0.379 e. The molecule has 0 bridgehead atoms. The van der Waals surface area contributed by atoms with Crippen LogP contribution in [0.15, 0.2) is 54.1 Å². The fourth-order valence-corrected chi connectivity index (χ4v) is 2.61. The predicted octanol–water partition coefficient (Wildman–Crippen LogP) is 2.56. The number of hydrogen-bond donors (Lipinski definition) is 2. The number of hydrogen-bond acceptors (Lipinski definition) is 3. The Balaban J connectivity index is 2.44. The summed E-state index contributed by atoms with van der Waals surface area (Å²) in [7, 11) is 0. The van der Waals surface area contributed by atoms with Crippen LogP contribution in [-0.2, 0) is 10.4 Å². The highest BCUT2D eigenvalue weighted by Gasteiger charge is 2.59. The Kier molecular flexibility index (Phi) is 4.48. The summed E-state index contributed by atoms with van der Waals surface area (Å²) in [5.41, 5.74) is 4.42. The average Bonchev–Trinajstić information content (AvgIpc) is 3.33. The SMILES string of the molecule is CCC(=C/C(N)=O)/C=C/[C@](O)(c1ccccc1)C1(C#N)CC1. The maximum absolute atomic E-state index is 11.2. The molecule has 1 aromatic rings. The Hall–Kier alpha value is -2.38. The maximum Gasteiger partial charge on any atom is 0.241 e. The largest absolute Gasteiger partial charge is 0.379 e. The van der Waals surface area contributed by atoms with Crippen LogP contribution in [0.4, 0.5) is 0 Å². The van der Waals surface area contributed by atoms with Crippen molar-refractivity contribution >= 4 is 5.91 Å². The Morgan fingerprint density at radius 3 is 2.55 bits per heavy atom. The number of carbonyl (C=O) groups excluding carboxylic acids is 1. The fourth-order valence-electron chi connectivity index (χ4n) is 2.61. The van der Waals surface area contributed by atoms with Crippen LogP contribution in [0.5, 0.6) is 0 Å². The summed E-state index contributed by atoms with van der Waals surface area (Å²) in [5.74, 6) is -0.522. The standard InChI is InChI=1S/C18H20N2O2/c1-2-14(12-16(20)21)8-9-18(22,17(13-19)10-11-17)15-6-4-3-5-7-15/h3-9,12,22H,2,10-11H2,1H3,(H2,20,21)/b9-8+,14-12-/t18-/m0/s1. The molecule has 0 aliphatic heterocycles. The van der Waals surface area contributed by atoms with E-state index in [-0.39, 0.29) is 0 Å². The van der Waals surface area contributed by atoms with Crippen molar-refractivity contribution in [1.29, 1.82) is 5.26 Å². The Morgan fingerprint density at radius 1 is 1.45 bits per heavy atom. The van der Waals surface area contributed by atoms with E-state index in [1.54, 1.807) is 12.2 Å². The molecule has 1 aliphatic rings. The number of primary amides is 1. The monoisotopic (exact) mass is 296 g/mol. The number of amides is 1. The van der Waals surface area contributed by atoms with E-state index in [0.717, 1.165) is 5.57 Å². The van der Waals surface area contributed by atoms with Crippen LogP contribution < -0.4 is 5.73 Å². The summed E-state index contributed by atoms with van der Waals surface area (Å²) in [4.78, 5) is 11.0. The molecule has 114 valence electrons. The molecular formula is C18H20N2O2. The molecule has 2 rings (SSSR count). The molecule has 1 fully saturated rings. The van der Waals surface area contributed by atoms with Crippen molar-refractivity contribution in [2.24, 2.45) is 11.1 Å². The smallest absolute Gasteiger partial charge is 0.241 e. The van der Waals surface area contributed by atoms with E-state index in [1.165, 1.54) is 6.08 Å². The number of benzene rings is 1. The Morgan fingerprint density at radius 2 is 2.09 bits per heavy atom. The quantitative estimate of drug-likeness (QED) is 0.624. The lowest BCUT2D eigenvalue weighted by atomic mass is 9.78. The highest BCUT2D eigenvalue weighted by molar-refractivity contribution is 5.87. The summed E-state index contributed by atoms with van der Waals surface area (Å²) in [6.07, 6.45) is 6.57. The molecule has 0 unspecified atom stereocenters. The number of nitrogens with zero attached hydrogens (tertiary/aromatic N) is 1. The number of rotatable bonds is 6. The number of aliphatic hydroxyl groups is 1. The third-order valence-electron chi connectivity index (χ3n) is 4.18. The first-order valence-corrected chi connectivity index (χ1v) is 7.36. The summed E-state index contributed by atoms with van der Waals surface area (Å²) in [6.45, 7) is 1.90. The van der Waals surface area contributed by atoms with Crippen LogP contribution in [0.1, 0.15) is 31.7 Å². The number of nitrogens with two attached hydrogens (primary N) is 1. The van der Waals surface area contributed by atoms with Crippen LogP contribution in [0.25, 0.3) is 0 Å². The van der Waals surface area contributed by atoms with Gasteiger partial charge in [0.15, 0.2) is 0 Å². The van der Waals surface area contributed by atoms with Gasteiger partial charge in [0.25, 0.3) is 0 Å². The molecule has 1 aliphatic carbocycles. The fraction of sp³-hybridized carbons (Fsp3) is 0.333.